The van der Waals surface area contributed by atoms with Gasteiger partial charge >= 0.3 is 0 Å². The molecule has 23 heavy (non-hydrogen) atoms. The minimum Gasteiger partial charge on any atom is -0.327 e. The highest BCUT2D eigenvalue weighted by molar-refractivity contribution is 6.83. The van der Waals surface area contributed by atoms with Gasteiger partial charge in [0, 0.05) is 6.42 Å². The molecule has 3 aliphatic heterocycles. The van der Waals surface area contributed by atoms with Crippen molar-refractivity contribution in [2.45, 2.75) is 64.3 Å². The molecule has 0 aliphatic carbocycles. The average molecular weight is 334 g/mol. The molecule has 3 heterocycles. The van der Waals surface area contributed by atoms with E-state index in [9.17, 15) is 5.26 Å². The number of nitrogens with zero attached hydrogens (tertiary/aromatic N) is 1. The van der Waals surface area contributed by atoms with Gasteiger partial charge in [0.05, 0.1) is 24.7 Å². The third-order valence-corrected chi connectivity index (χ3v) is 5.04. The Balaban J connectivity index is 1.91. The Morgan fingerprint density at radius 3 is 2.48 bits per heavy atom. The van der Waals surface area contributed by atoms with Crippen molar-refractivity contribution < 1.29 is 14.2 Å². The minimum atomic E-state index is -1.32. The predicted octanol–water partition coefficient (Wildman–Crippen LogP) is 3.61. The second-order valence-corrected chi connectivity index (χ2v) is 12.2. The maximum atomic E-state index is 9.42. The molecule has 3 rings (SSSR count). The number of allylic oxidation sites excluding steroid dienone is 2. The SMILES string of the molecule is CCCC12COC(CC/C=C/C#C[Si](C)(C)C)(OC1)OC2C#N. The van der Waals surface area contributed by atoms with E-state index in [4.69, 9.17) is 14.2 Å². The average Bonchev–Trinajstić information content (AvgIpc) is 2.51. The highest BCUT2D eigenvalue weighted by Crippen LogP contribution is 2.47. The van der Waals surface area contributed by atoms with E-state index in [0.717, 1.165) is 19.3 Å². The molecule has 0 spiro atoms. The van der Waals surface area contributed by atoms with Gasteiger partial charge in [0.1, 0.15) is 8.07 Å². The zero-order chi connectivity index (χ0) is 17.0. The summed E-state index contributed by atoms with van der Waals surface area (Å²) in [5, 5.41) is 9.42. The summed E-state index contributed by atoms with van der Waals surface area (Å²) in [6.07, 6.45) is 6.66. The van der Waals surface area contributed by atoms with E-state index in [1.165, 1.54) is 0 Å². The zero-order valence-corrected chi connectivity index (χ0v) is 15.6. The second kappa shape index (κ2) is 7.19. The normalized spacial score (nSPS) is 33.3. The van der Waals surface area contributed by atoms with Crippen molar-refractivity contribution in [2.24, 2.45) is 5.41 Å². The summed E-state index contributed by atoms with van der Waals surface area (Å²) in [7, 11) is -1.32. The first-order valence-corrected chi connectivity index (χ1v) is 11.9. The fourth-order valence-electron chi connectivity index (χ4n) is 2.92. The largest absolute Gasteiger partial charge is 0.327 e. The highest BCUT2D eigenvalue weighted by Gasteiger charge is 2.57. The molecule has 4 nitrogen and oxygen atoms in total. The molecule has 3 aliphatic rings. The van der Waals surface area contributed by atoms with Crippen LogP contribution < -0.4 is 0 Å². The van der Waals surface area contributed by atoms with Crippen LogP contribution in [-0.4, -0.2) is 33.4 Å². The molecule has 126 valence electrons. The van der Waals surface area contributed by atoms with Gasteiger partial charge in [-0.1, -0.05) is 45.0 Å². The summed E-state index contributed by atoms with van der Waals surface area (Å²) < 4.78 is 17.6. The van der Waals surface area contributed by atoms with Crippen LogP contribution in [0.5, 0.6) is 0 Å². The van der Waals surface area contributed by atoms with Gasteiger partial charge in [-0.25, -0.2) is 0 Å². The number of fused-ring (bicyclic) bond motifs is 3. The van der Waals surface area contributed by atoms with E-state index in [1.807, 2.05) is 12.2 Å². The molecule has 0 saturated carbocycles. The third kappa shape index (κ3) is 4.46. The van der Waals surface area contributed by atoms with Crippen molar-refractivity contribution in [1.82, 2.24) is 0 Å². The van der Waals surface area contributed by atoms with Crippen molar-refractivity contribution in [3.63, 3.8) is 0 Å². The molecule has 1 unspecified atom stereocenters. The summed E-state index contributed by atoms with van der Waals surface area (Å²) in [4.78, 5) is 0. The lowest BCUT2D eigenvalue weighted by Gasteiger charge is -2.54. The lowest BCUT2D eigenvalue weighted by atomic mass is 9.78. The molecular formula is C18H27NO3Si. The molecule has 0 N–H and O–H groups in total. The van der Waals surface area contributed by atoms with E-state index >= 15 is 0 Å². The Kier molecular flexibility index (Phi) is 5.70. The van der Waals surface area contributed by atoms with E-state index in [2.05, 4.69) is 44.1 Å². The van der Waals surface area contributed by atoms with Gasteiger partial charge in [0.2, 0.25) is 0 Å². The molecule has 3 saturated heterocycles. The van der Waals surface area contributed by atoms with Crippen molar-refractivity contribution in [3.8, 4) is 17.5 Å². The molecular weight excluding hydrogens is 306 g/mol. The maximum absolute atomic E-state index is 9.42. The third-order valence-electron chi connectivity index (χ3n) is 4.14. The van der Waals surface area contributed by atoms with E-state index in [1.54, 1.807) is 0 Å². The van der Waals surface area contributed by atoms with Gasteiger partial charge in [-0.05, 0) is 18.9 Å². The topological polar surface area (TPSA) is 51.5 Å². The van der Waals surface area contributed by atoms with Gasteiger partial charge in [-0.2, -0.15) is 5.26 Å². The van der Waals surface area contributed by atoms with Crippen LogP contribution in [0.1, 0.15) is 32.6 Å². The summed E-state index contributed by atoms with van der Waals surface area (Å²) in [5.74, 6) is 2.05. The van der Waals surface area contributed by atoms with Crippen LogP contribution >= 0.6 is 0 Å². The number of hydrogen-bond acceptors (Lipinski definition) is 4. The van der Waals surface area contributed by atoms with Gasteiger partial charge < -0.3 is 14.2 Å². The molecule has 0 radical (unpaired) electrons. The Morgan fingerprint density at radius 2 is 1.91 bits per heavy atom. The van der Waals surface area contributed by atoms with Crippen molar-refractivity contribution >= 4 is 8.07 Å². The van der Waals surface area contributed by atoms with Crippen LogP contribution in [-0.2, 0) is 14.2 Å². The molecule has 5 heteroatoms. The second-order valence-electron chi connectivity index (χ2n) is 7.46. The Labute approximate surface area is 140 Å². The first-order valence-electron chi connectivity index (χ1n) is 8.38. The molecule has 0 aromatic heterocycles. The summed E-state index contributed by atoms with van der Waals surface area (Å²) in [5.41, 5.74) is 2.99. The zero-order valence-electron chi connectivity index (χ0n) is 14.6. The fourth-order valence-corrected chi connectivity index (χ4v) is 3.43. The van der Waals surface area contributed by atoms with Crippen LogP contribution in [0.3, 0.4) is 0 Å². The Morgan fingerprint density at radius 1 is 1.22 bits per heavy atom. The predicted molar refractivity (Wildman–Crippen MR) is 92.0 cm³/mol. The van der Waals surface area contributed by atoms with E-state index < -0.39 is 20.2 Å². The molecule has 1 atom stereocenters. The lowest BCUT2D eigenvalue weighted by Crippen LogP contribution is -2.64. The molecule has 0 aromatic carbocycles. The monoisotopic (exact) mass is 333 g/mol. The number of nitriles is 1. The quantitative estimate of drug-likeness (QED) is 0.570. The molecule has 0 amide bonds. The standard InChI is InChI=1S/C18H27NO3Si/c1-5-10-17-14-20-18(21-15-17,22-16(17)13-19)11-8-6-7-9-12-23(2,3)4/h6-7,16H,5,8,10-11,14-15H2,1-4H3/b7-6+. The molecule has 2 bridgehead atoms. The van der Waals surface area contributed by atoms with Crippen LogP contribution in [0, 0.1) is 28.2 Å². The van der Waals surface area contributed by atoms with Crippen molar-refractivity contribution in [1.29, 1.82) is 5.26 Å². The van der Waals surface area contributed by atoms with Crippen LogP contribution in [0.4, 0.5) is 0 Å². The number of ether oxygens (including phenoxy) is 3. The summed E-state index contributed by atoms with van der Waals surface area (Å²) in [6, 6.07) is 2.30. The van der Waals surface area contributed by atoms with Crippen molar-refractivity contribution in [2.75, 3.05) is 13.2 Å². The van der Waals surface area contributed by atoms with Gasteiger partial charge in [0.25, 0.3) is 5.97 Å². The van der Waals surface area contributed by atoms with Crippen LogP contribution in [0.2, 0.25) is 19.6 Å². The highest BCUT2D eigenvalue weighted by atomic mass is 28.3. The Bertz CT molecular complexity index is 539. The van der Waals surface area contributed by atoms with Crippen LogP contribution in [0.25, 0.3) is 0 Å². The minimum absolute atomic E-state index is 0.302. The number of rotatable bonds is 5. The van der Waals surface area contributed by atoms with E-state index in [0.29, 0.717) is 19.6 Å². The molecule has 3 fully saturated rings. The molecule has 0 aromatic rings. The smallest absolute Gasteiger partial charge is 0.284 e. The fraction of sp³-hybridized carbons (Fsp3) is 0.722. The first kappa shape index (κ1) is 18.2. The Hall–Kier alpha value is -1.11. The van der Waals surface area contributed by atoms with Gasteiger partial charge in [-0.3, -0.25) is 0 Å². The van der Waals surface area contributed by atoms with Gasteiger partial charge in [-0.15, -0.1) is 5.54 Å². The van der Waals surface area contributed by atoms with Gasteiger partial charge in [0.15, 0.2) is 6.10 Å². The number of hydrogen-bond donors (Lipinski definition) is 0. The first-order chi connectivity index (χ1) is 10.8. The van der Waals surface area contributed by atoms with Crippen molar-refractivity contribution in [3.05, 3.63) is 12.2 Å². The van der Waals surface area contributed by atoms with E-state index in [-0.39, 0.29) is 5.41 Å². The lowest BCUT2D eigenvalue weighted by molar-refractivity contribution is -0.482. The van der Waals surface area contributed by atoms with Crippen LogP contribution in [0.15, 0.2) is 12.2 Å². The summed E-state index contributed by atoms with van der Waals surface area (Å²) in [6.45, 7) is 9.84. The maximum Gasteiger partial charge on any atom is 0.284 e. The summed E-state index contributed by atoms with van der Waals surface area (Å²) >= 11 is 0.